The molecule has 1 amide bonds. The van der Waals surface area contributed by atoms with Crippen LogP contribution in [0.4, 0.5) is 18.9 Å². The Morgan fingerprint density at radius 1 is 1.26 bits per heavy atom. The summed E-state index contributed by atoms with van der Waals surface area (Å²) in [6, 6.07) is 10.2. The molecular weight excluding hydrogens is 435 g/mol. The van der Waals surface area contributed by atoms with E-state index in [1.54, 1.807) is 31.2 Å². The molecule has 0 unspecified atom stereocenters. The Bertz CT molecular complexity index is 939. The predicted octanol–water partition coefficient (Wildman–Crippen LogP) is 5.61. The van der Waals surface area contributed by atoms with Crippen molar-refractivity contribution in [2.24, 2.45) is 5.41 Å². The number of carbonyl (C=O) groups excluding carboxylic acids is 1. The third-order valence-electron chi connectivity index (χ3n) is 4.70. The van der Waals surface area contributed by atoms with E-state index in [1.807, 2.05) is 0 Å². The summed E-state index contributed by atoms with van der Waals surface area (Å²) < 4.78 is 56.6. The number of carbonyl (C=O) groups is 1. The van der Waals surface area contributed by atoms with Crippen molar-refractivity contribution in [2.75, 3.05) is 25.1 Å². The molecule has 5 nitrogen and oxygen atoms in total. The summed E-state index contributed by atoms with van der Waals surface area (Å²) in [5.41, 5.74) is -1.34. The maximum atomic E-state index is 13.4. The molecule has 166 valence electrons. The van der Waals surface area contributed by atoms with E-state index in [2.05, 4.69) is 11.9 Å². The zero-order valence-electron chi connectivity index (χ0n) is 16.7. The highest BCUT2D eigenvalue weighted by Crippen LogP contribution is 2.39. The van der Waals surface area contributed by atoms with Crippen LogP contribution in [-0.4, -0.2) is 25.7 Å². The lowest BCUT2D eigenvalue weighted by Gasteiger charge is -2.36. The Balaban J connectivity index is 1.69. The number of halogens is 4. The first-order valence-electron chi connectivity index (χ1n) is 9.37. The number of ether oxygens (including phenoxy) is 3. The van der Waals surface area contributed by atoms with Gasteiger partial charge in [0.05, 0.1) is 24.2 Å². The van der Waals surface area contributed by atoms with Crippen molar-refractivity contribution in [1.29, 1.82) is 0 Å². The Labute approximate surface area is 182 Å². The van der Waals surface area contributed by atoms with Crippen LogP contribution in [0, 0.1) is 5.41 Å². The van der Waals surface area contributed by atoms with Gasteiger partial charge in [-0.05, 0) is 37.3 Å². The molecule has 0 aliphatic carbocycles. The lowest BCUT2D eigenvalue weighted by atomic mass is 9.90. The Hall–Kier alpha value is -2.55. The highest BCUT2D eigenvalue weighted by Gasteiger charge is 2.40. The van der Waals surface area contributed by atoms with Gasteiger partial charge in [0.1, 0.15) is 12.4 Å². The van der Waals surface area contributed by atoms with Crippen molar-refractivity contribution in [3.63, 3.8) is 0 Å². The van der Waals surface area contributed by atoms with Crippen LogP contribution in [0.15, 0.2) is 55.1 Å². The fraction of sp³-hybridized carbons (Fsp3) is 0.318. The molecule has 0 aromatic heterocycles. The molecule has 1 aliphatic heterocycles. The lowest BCUT2D eigenvalue weighted by Crippen LogP contribution is -2.45. The maximum absolute atomic E-state index is 13.4. The number of hydrogen-bond donors (Lipinski definition) is 1. The smallest absolute Gasteiger partial charge is 0.420 e. The molecule has 0 radical (unpaired) electrons. The predicted molar refractivity (Wildman–Crippen MR) is 110 cm³/mol. The largest absolute Gasteiger partial charge is 0.489 e. The summed E-state index contributed by atoms with van der Waals surface area (Å²) in [6.45, 7) is 5.02. The van der Waals surface area contributed by atoms with Crippen molar-refractivity contribution >= 4 is 23.2 Å². The van der Waals surface area contributed by atoms with Gasteiger partial charge in [-0.2, -0.15) is 13.2 Å². The highest BCUT2D eigenvalue weighted by atomic mass is 35.5. The number of alkyl halides is 3. The van der Waals surface area contributed by atoms with Crippen LogP contribution in [0.5, 0.6) is 5.75 Å². The summed E-state index contributed by atoms with van der Waals surface area (Å²) in [6.07, 6.45) is -3.96. The van der Waals surface area contributed by atoms with Crippen LogP contribution in [0.3, 0.4) is 0 Å². The summed E-state index contributed by atoms with van der Waals surface area (Å²) in [7, 11) is 0. The van der Waals surface area contributed by atoms with Gasteiger partial charge in [0.2, 0.25) is 5.91 Å². The van der Waals surface area contributed by atoms with E-state index in [9.17, 15) is 18.0 Å². The first-order chi connectivity index (χ1) is 14.6. The average molecular weight is 456 g/mol. The molecule has 1 saturated heterocycles. The zero-order valence-corrected chi connectivity index (χ0v) is 17.4. The van der Waals surface area contributed by atoms with Crippen LogP contribution < -0.4 is 10.1 Å². The van der Waals surface area contributed by atoms with Crippen molar-refractivity contribution in [2.45, 2.75) is 19.4 Å². The number of benzene rings is 2. The second kappa shape index (κ2) is 9.30. The van der Waals surface area contributed by atoms with Crippen molar-refractivity contribution < 1.29 is 32.2 Å². The summed E-state index contributed by atoms with van der Waals surface area (Å²) >= 11 is 5.87. The molecular formula is C22H21ClF3NO4. The third-order valence-corrected chi connectivity index (χ3v) is 4.95. The molecule has 0 bridgehead atoms. The maximum Gasteiger partial charge on any atom is 0.420 e. The minimum Gasteiger partial charge on any atom is -0.489 e. The van der Waals surface area contributed by atoms with Gasteiger partial charge in [0.25, 0.3) is 0 Å². The van der Waals surface area contributed by atoms with Crippen molar-refractivity contribution in [3.05, 3.63) is 71.3 Å². The van der Waals surface area contributed by atoms with Crippen LogP contribution in [0.25, 0.3) is 0 Å². The van der Waals surface area contributed by atoms with E-state index in [1.165, 1.54) is 12.1 Å². The van der Waals surface area contributed by atoms with E-state index in [0.717, 1.165) is 17.7 Å². The first kappa shape index (κ1) is 23.1. The molecule has 2 aromatic carbocycles. The fourth-order valence-electron chi connectivity index (χ4n) is 2.94. The van der Waals surface area contributed by atoms with Gasteiger partial charge < -0.3 is 19.5 Å². The molecule has 0 saturated carbocycles. The van der Waals surface area contributed by atoms with Gasteiger partial charge >= 0.3 is 6.18 Å². The van der Waals surface area contributed by atoms with E-state index in [4.69, 9.17) is 25.8 Å². The van der Waals surface area contributed by atoms with Crippen LogP contribution in [0.2, 0.25) is 5.02 Å². The minimum atomic E-state index is -4.65. The van der Waals surface area contributed by atoms with Crippen LogP contribution in [-0.2, 0) is 20.4 Å². The molecule has 2 aromatic rings. The van der Waals surface area contributed by atoms with Gasteiger partial charge in [-0.3, -0.25) is 4.79 Å². The second-order valence-corrected chi connectivity index (χ2v) is 7.77. The van der Waals surface area contributed by atoms with Gasteiger partial charge in [0.15, 0.2) is 6.29 Å². The van der Waals surface area contributed by atoms with E-state index >= 15 is 0 Å². The van der Waals surface area contributed by atoms with Gasteiger partial charge in [0, 0.05) is 16.3 Å². The Kier molecular flexibility index (Phi) is 6.93. The quantitative estimate of drug-likeness (QED) is 0.575. The van der Waals surface area contributed by atoms with Crippen molar-refractivity contribution in [1.82, 2.24) is 0 Å². The van der Waals surface area contributed by atoms with Crippen LogP contribution >= 0.6 is 11.6 Å². The molecule has 1 heterocycles. The van der Waals surface area contributed by atoms with E-state index < -0.39 is 29.4 Å². The summed E-state index contributed by atoms with van der Waals surface area (Å²) in [5.74, 6) is -0.860. The summed E-state index contributed by atoms with van der Waals surface area (Å²) in [5, 5.41) is 3.09. The molecule has 3 rings (SSSR count). The number of amides is 1. The molecule has 0 atom stereocenters. The van der Waals surface area contributed by atoms with Crippen molar-refractivity contribution in [3.8, 4) is 5.75 Å². The van der Waals surface area contributed by atoms with Crippen LogP contribution in [0.1, 0.15) is 24.3 Å². The topological polar surface area (TPSA) is 56.8 Å². The second-order valence-electron chi connectivity index (χ2n) is 7.33. The molecule has 0 spiro atoms. The van der Waals surface area contributed by atoms with Gasteiger partial charge in [-0.15, -0.1) is 0 Å². The standard InChI is InChI=1S/C22H21ClF3NO4/c1-3-10-29-18-9-8-16(11-17(18)22(24,25)26)27-20(28)21(2)12-30-19(31-13-21)14-4-6-15(23)7-5-14/h3-9,11,19H,1,10,12-13H2,2H3,(H,27,28). The molecule has 1 aliphatic rings. The Morgan fingerprint density at radius 2 is 1.90 bits per heavy atom. The van der Waals surface area contributed by atoms with Gasteiger partial charge in [-0.25, -0.2) is 0 Å². The van der Waals surface area contributed by atoms with E-state index in [0.29, 0.717) is 5.02 Å². The summed E-state index contributed by atoms with van der Waals surface area (Å²) in [4.78, 5) is 12.8. The van der Waals surface area contributed by atoms with E-state index in [-0.39, 0.29) is 31.3 Å². The molecule has 1 N–H and O–H groups in total. The first-order valence-corrected chi connectivity index (χ1v) is 9.75. The van der Waals surface area contributed by atoms with Gasteiger partial charge in [-0.1, -0.05) is 36.4 Å². The molecule has 9 heteroatoms. The SMILES string of the molecule is C=CCOc1ccc(NC(=O)C2(C)COC(c3ccc(Cl)cc3)OC2)cc1C(F)(F)F. The number of hydrogen-bond acceptors (Lipinski definition) is 4. The number of anilines is 1. The monoisotopic (exact) mass is 455 g/mol. The average Bonchev–Trinajstić information content (AvgIpc) is 2.73. The highest BCUT2D eigenvalue weighted by molar-refractivity contribution is 6.30. The zero-order chi connectivity index (χ0) is 22.6. The Morgan fingerprint density at radius 3 is 2.48 bits per heavy atom. The minimum absolute atomic E-state index is 0.00988. The number of rotatable bonds is 6. The number of nitrogens with one attached hydrogen (secondary N) is 1. The molecule has 31 heavy (non-hydrogen) atoms. The fourth-order valence-corrected chi connectivity index (χ4v) is 3.06. The normalized spacial score (nSPS) is 21.4. The third kappa shape index (κ3) is 5.58. The molecule has 1 fully saturated rings. The lowest BCUT2D eigenvalue weighted by molar-refractivity contribution is -0.226.